The molecule has 0 amide bonds. The molecule has 0 saturated heterocycles. The van der Waals surface area contributed by atoms with Gasteiger partial charge in [-0.15, -0.1) is 0 Å². The molecule has 4 nitrogen and oxygen atoms in total. The fraction of sp³-hybridized carbons (Fsp3) is 0.862. The van der Waals surface area contributed by atoms with Crippen LogP contribution in [-0.2, 0) is 6.54 Å². The van der Waals surface area contributed by atoms with Crippen molar-refractivity contribution in [3.05, 3.63) is 18.0 Å². The summed E-state index contributed by atoms with van der Waals surface area (Å²) in [7, 11) is 0. The number of aromatic nitrogens is 2. The van der Waals surface area contributed by atoms with Crippen molar-refractivity contribution in [1.82, 2.24) is 9.78 Å². The minimum absolute atomic E-state index is 0.392. The highest BCUT2D eigenvalue weighted by atomic mass is 16.3. The number of rotatable bonds is 5. The van der Waals surface area contributed by atoms with E-state index in [0.29, 0.717) is 22.8 Å². The highest BCUT2D eigenvalue weighted by molar-refractivity contribution is 5.21. The van der Waals surface area contributed by atoms with Crippen LogP contribution in [0.15, 0.2) is 12.4 Å². The molecule has 5 rings (SSSR count). The summed E-state index contributed by atoms with van der Waals surface area (Å²) in [6.45, 7) is 10.5. The molecule has 1 aromatic heterocycles. The number of aliphatic hydroxyl groups is 1. The monoisotopic (exact) mass is 451 g/mol. The second-order valence-electron chi connectivity index (χ2n) is 13.3. The highest BCUT2D eigenvalue weighted by Gasteiger charge is 2.58. The molecule has 0 aliphatic heterocycles. The van der Waals surface area contributed by atoms with Crippen LogP contribution >= 0.6 is 0 Å². The van der Waals surface area contributed by atoms with Gasteiger partial charge in [-0.05, 0) is 117 Å². The number of hydrogen-bond acceptors (Lipinski definition) is 3. The first-order chi connectivity index (χ1) is 15.7. The van der Waals surface area contributed by atoms with Gasteiger partial charge in [0.1, 0.15) is 6.07 Å². The largest absolute Gasteiger partial charge is 0.390 e. The number of nitrogens with zero attached hydrogens (tertiary/aromatic N) is 3. The van der Waals surface area contributed by atoms with Crippen LogP contribution < -0.4 is 0 Å². The second-order valence-corrected chi connectivity index (χ2v) is 13.3. The Morgan fingerprint density at radius 1 is 1.09 bits per heavy atom. The molecular weight excluding hydrogens is 406 g/mol. The fourth-order valence-electron chi connectivity index (χ4n) is 9.83. The SMILES string of the molecule is CC(C)C[C@@]1(O)CC[C@H]2[C@H](CC[C@@H]3[C@@H]2CC[C@]2(C)[C@@H]([C@H](C)Cn4cc(C#N)cn4)CC[C@@H]32)C1. The van der Waals surface area contributed by atoms with Gasteiger partial charge in [-0.3, -0.25) is 4.68 Å². The van der Waals surface area contributed by atoms with Gasteiger partial charge in [0.05, 0.1) is 17.4 Å². The topological polar surface area (TPSA) is 61.8 Å². The lowest BCUT2D eigenvalue weighted by atomic mass is 9.48. The van der Waals surface area contributed by atoms with Crippen molar-refractivity contribution in [2.75, 3.05) is 0 Å². The van der Waals surface area contributed by atoms with E-state index in [9.17, 15) is 5.11 Å². The van der Waals surface area contributed by atoms with Crippen molar-refractivity contribution in [2.24, 2.45) is 52.8 Å². The van der Waals surface area contributed by atoms with E-state index >= 15 is 0 Å². The molecule has 4 saturated carbocycles. The van der Waals surface area contributed by atoms with Gasteiger partial charge in [-0.2, -0.15) is 10.4 Å². The summed E-state index contributed by atoms with van der Waals surface area (Å²) in [5.74, 6) is 6.28. The molecule has 0 radical (unpaired) electrons. The van der Waals surface area contributed by atoms with Crippen molar-refractivity contribution in [1.29, 1.82) is 5.26 Å². The van der Waals surface area contributed by atoms with E-state index < -0.39 is 5.60 Å². The normalized spacial score (nSPS) is 43.4. The Morgan fingerprint density at radius 2 is 1.88 bits per heavy atom. The van der Waals surface area contributed by atoms with Gasteiger partial charge >= 0.3 is 0 Å². The van der Waals surface area contributed by atoms with E-state index in [2.05, 4.69) is 38.9 Å². The fourth-order valence-corrected chi connectivity index (χ4v) is 9.83. The minimum Gasteiger partial charge on any atom is -0.390 e. The molecular formula is C29H45N3O. The summed E-state index contributed by atoms with van der Waals surface area (Å²) in [4.78, 5) is 0. The average Bonchev–Trinajstić information content (AvgIpc) is 3.35. The molecule has 9 atom stereocenters. The van der Waals surface area contributed by atoms with Crippen molar-refractivity contribution in [3.63, 3.8) is 0 Å². The second kappa shape index (κ2) is 8.71. The van der Waals surface area contributed by atoms with Crippen molar-refractivity contribution < 1.29 is 5.11 Å². The van der Waals surface area contributed by atoms with Crippen LogP contribution in [0.25, 0.3) is 0 Å². The van der Waals surface area contributed by atoms with Gasteiger partial charge < -0.3 is 5.11 Å². The molecule has 33 heavy (non-hydrogen) atoms. The van der Waals surface area contributed by atoms with Crippen LogP contribution in [0.3, 0.4) is 0 Å². The van der Waals surface area contributed by atoms with E-state index in [1.54, 1.807) is 6.20 Å². The third-order valence-electron chi connectivity index (χ3n) is 10.9. The summed E-state index contributed by atoms with van der Waals surface area (Å²) < 4.78 is 2.00. The summed E-state index contributed by atoms with van der Waals surface area (Å²) in [5.41, 5.74) is 0.741. The maximum Gasteiger partial charge on any atom is 0.102 e. The average molecular weight is 452 g/mol. The number of nitriles is 1. The zero-order chi connectivity index (χ0) is 23.4. The first-order valence-corrected chi connectivity index (χ1v) is 13.9. The first kappa shape index (κ1) is 23.4. The standard InChI is InChI=1S/C29H45N3O/c1-19(2)13-29(33)12-10-23-22(14-29)5-6-25-24(23)9-11-28(4)26(7-8-27(25)28)20(3)17-32-18-21(15-30)16-31-32/h16,18-20,22-27,33H,5-14,17H2,1-4H3/t20-,22-,23+,24-,25-,26-,27+,28-,29+/m1/s1. The van der Waals surface area contributed by atoms with Gasteiger partial charge in [0.2, 0.25) is 0 Å². The van der Waals surface area contributed by atoms with E-state index in [4.69, 9.17) is 5.26 Å². The van der Waals surface area contributed by atoms with Crippen LogP contribution in [-0.4, -0.2) is 20.5 Å². The van der Waals surface area contributed by atoms with Crippen molar-refractivity contribution in [2.45, 2.75) is 104 Å². The van der Waals surface area contributed by atoms with Crippen LogP contribution in [0.4, 0.5) is 0 Å². The Bertz CT molecular complexity index is 886. The Hall–Kier alpha value is -1.34. The molecule has 0 unspecified atom stereocenters. The molecule has 1 heterocycles. The summed E-state index contributed by atoms with van der Waals surface area (Å²) in [5, 5.41) is 24.9. The molecule has 1 aromatic rings. The molecule has 4 aliphatic rings. The minimum atomic E-state index is -0.392. The molecule has 4 heteroatoms. The zero-order valence-electron chi connectivity index (χ0n) is 21.3. The molecule has 182 valence electrons. The zero-order valence-corrected chi connectivity index (χ0v) is 21.3. The molecule has 0 bridgehead atoms. The predicted octanol–water partition coefficient (Wildman–Crippen LogP) is 6.44. The Morgan fingerprint density at radius 3 is 2.61 bits per heavy atom. The number of fused-ring (bicyclic) bond motifs is 5. The summed E-state index contributed by atoms with van der Waals surface area (Å²) in [6, 6.07) is 2.21. The summed E-state index contributed by atoms with van der Waals surface area (Å²) >= 11 is 0. The highest BCUT2D eigenvalue weighted by Crippen LogP contribution is 2.65. The Balaban J connectivity index is 1.26. The van der Waals surface area contributed by atoms with Crippen molar-refractivity contribution >= 4 is 0 Å². The van der Waals surface area contributed by atoms with Crippen molar-refractivity contribution in [3.8, 4) is 6.07 Å². The molecule has 0 aromatic carbocycles. The van der Waals surface area contributed by atoms with E-state index in [0.717, 1.165) is 61.3 Å². The lowest BCUT2D eigenvalue weighted by Crippen LogP contribution is -2.51. The van der Waals surface area contributed by atoms with Crippen LogP contribution in [0, 0.1) is 64.1 Å². The molecule has 0 spiro atoms. The van der Waals surface area contributed by atoms with Gasteiger partial charge in [-0.1, -0.05) is 27.7 Å². The van der Waals surface area contributed by atoms with Gasteiger partial charge in [0, 0.05) is 12.7 Å². The molecule has 4 aliphatic carbocycles. The van der Waals surface area contributed by atoms with E-state index in [-0.39, 0.29) is 0 Å². The van der Waals surface area contributed by atoms with E-state index in [1.807, 2.05) is 10.9 Å². The Labute approximate surface area is 201 Å². The Kier molecular flexibility index (Phi) is 6.17. The maximum atomic E-state index is 11.3. The third-order valence-corrected chi connectivity index (χ3v) is 10.9. The lowest BCUT2D eigenvalue weighted by molar-refractivity contribution is -0.113. The summed E-state index contributed by atoms with van der Waals surface area (Å²) in [6.07, 6.45) is 16.3. The lowest BCUT2D eigenvalue weighted by Gasteiger charge is -2.57. The van der Waals surface area contributed by atoms with Gasteiger partial charge in [-0.25, -0.2) is 0 Å². The van der Waals surface area contributed by atoms with Gasteiger partial charge in [0.25, 0.3) is 0 Å². The molecule has 4 fully saturated rings. The maximum absolute atomic E-state index is 11.3. The van der Waals surface area contributed by atoms with Crippen LogP contribution in [0.2, 0.25) is 0 Å². The molecule has 1 N–H and O–H groups in total. The predicted molar refractivity (Wildman–Crippen MR) is 131 cm³/mol. The van der Waals surface area contributed by atoms with E-state index in [1.165, 1.54) is 44.9 Å². The van der Waals surface area contributed by atoms with Crippen LogP contribution in [0.5, 0.6) is 0 Å². The van der Waals surface area contributed by atoms with Crippen LogP contribution in [0.1, 0.15) is 97.5 Å². The first-order valence-electron chi connectivity index (χ1n) is 13.9. The smallest absolute Gasteiger partial charge is 0.102 e. The third kappa shape index (κ3) is 4.18. The quantitative estimate of drug-likeness (QED) is 0.560. The number of hydrogen-bond donors (Lipinski definition) is 1. The van der Waals surface area contributed by atoms with Gasteiger partial charge in [0.15, 0.2) is 0 Å².